The van der Waals surface area contributed by atoms with E-state index in [0.717, 1.165) is 6.54 Å². The molecular weight excluding hydrogens is 262 g/mol. The van der Waals surface area contributed by atoms with Crippen molar-refractivity contribution in [2.75, 3.05) is 7.11 Å². The summed E-state index contributed by atoms with van der Waals surface area (Å²) in [6, 6.07) is 9.68. The van der Waals surface area contributed by atoms with E-state index in [1.807, 2.05) is 12.5 Å². The van der Waals surface area contributed by atoms with Crippen LogP contribution in [0, 0.1) is 0 Å². The lowest BCUT2D eigenvalue weighted by atomic mass is 10.1. The summed E-state index contributed by atoms with van der Waals surface area (Å²) in [4.78, 5) is 4.17. The molecule has 0 bridgehead atoms. The second-order valence-corrected chi connectivity index (χ2v) is 5.75. The van der Waals surface area contributed by atoms with Crippen LogP contribution >= 0.6 is 0 Å². The number of methoxy groups -OCH3 is 1. The fourth-order valence-electron chi connectivity index (χ4n) is 3.25. The minimum absolute atomic E-state index is 0.533. The Morgan fingerprint density at radius 3 is 3.05 bits per heavy atom. The van der Waals surface area contributed by atoms with Gasteiger partial charge in [0.15, 0.2) is 0 Å². The third-order valence-corrected chi connectivity index (χ3v) is 4.26. The highest BCUT2D eigenvalue weighted by Crippen LogP contribution is 2.30. The number of nitrogens with zero attached hydrogens (tertiary/aromatic N) is 2. The molecule has 1 fully saturated rings. The molecule has 1 heterocycles. The van der Waals surface area contributed by atoms with E-state index in [-0.39, 0.29) is 0 Å². The van der Waals surface area contributed by atoms with Crippen LogP contribution < -0.4 is 5.32 Å². The van der Waals surface area contributed by atoms with Crippen LogP contribution in [0.3, 0.4) is 0 Å². The maximum absolute atomic E-state index is 5.20. The minimum atomic E-state index is 0.533. The first-order chi connectivity index (χ1) is 10.4. The molecule has 0 spiro atoms. The number of rotatable bonds is 6. The van der Waals surface area contributed by atoms with E-state index in [1.165, 1.54) is 30.4 Å². The van der Waals surface area contributed by atoms with Gasteiger partial charge in [0.2, 0.25) is 0 Å². The molecule has 1 saturated carbocycles. The van der Waals surface area contributed by atoms with E-state index in [0.29, 0.717) is 18.7 Å². The average Bonchev–Trinajstić information content (AvgIpc) is 3.17. The Hall–Kier alpha value is -1.65. The Morgan fingerprint density at radius 1 is 1.33 bits per heavy atom. The van der Waals surface area contributed by atoms with Crippen molar-refractivity contribution in [2.45, 2.75) is 44.5 Å². The summed E-state index contributed by atoms with van der Waals surface area (Å²) in [7, 11) is 1.74. The van der Waals surface area contributed by atoms with Crippen LogP contribution in [0.5, 0.6) is 0 Å². The molecule has 112 valence electrons. The highest BCUT2D eigenvalue weighted by atomic mass is 16.5. The van der Waals surface area contributed by atoms with Crippen LogP contribution in [0.25, 0.3) is 0 Å². The summed E-state index contributed by atoms with van der Waals surface area (Å²) in [5.74, 6) is 0. The van der Waals surface area contributed by atoms with Gasteiger partial charge in [0.25, 0.3) is 0 Å². The predicted molar refractivity (Wildman–Crippen MR) is 82.9 cm³/mol. The summed E-state index contributed by atoms with van der Waals surface area (Å²) < 4.78 is 7.44. The fraction of sp³-hybridized carbons (Fsp3) is 0.471. The van der Waals surface area contributed by atoms with Gasteiger partial charge >= 0.3 is 0 Å². The number of benzene rings is 1. The van der Waals surface area contributed by atoms with Gasteiger partial charge in [0.1, 0.15) is 0 Å². The van der Waals surface area contributed by atoms with Crippen molar-refractivity contribution in [3.8, 4) is 0 Å². The maximum Gasteiger partial charge on any atom is 0.0949 e. The molecule has 0 radical (unpaired) electrons. The van der Waals surface area contributed by atoms with Crippen LogP contribution in [-0.2, 0) is 17.9 Å². The average molecular weight is 285 g/mol. The second-order valence-electron chi connectivity index (χ2n) is 5.75. The number of aromatic nitrogens is 2. The van der Waals surface area contributed by atoms with Gasteiger partial charge < -0.3 is 14.6 Å². The number of hydrogen-bond acceptors (Lipinski definition) is 3. The van der Waals surface area contributed by atoms with E-state index < -0.39 is 0 Å². The highest BCUT2D eigenvalue weighted by Gasteiger charge is 2.27. The van der Waals surface area contributed by atoms with Crippen LogP contribution in [0.15, 0.2) is 43.0 Å². The van der Waals surface area contributed by atoms with Crippen LogP contribution in [-0.4, -0.2) is 22.7 Å². The normalized spacial score (nSPS) is 21.8. The smallest absolute Gasteiger partial charge is 0.0949 e. The van der Waals surface area contributed by atoms with Gasteiger partial charge in [0, 0.05) is 38.1 Å². The molecule has 4 nitrogen and oxygen atoms in total. The fourth-order valence-corrected chi connectivity index (χ4v) is 3.25. The van der Waals surface area contributed by atoms with E-state index in [1.54, 1.807) is 7.11 Å². The second kappa shape index (κ2) is 6.87. The van der Waals surface area contributed by atoms with Crippen molar-refractivity contribution in [2.24, 2.45) is 0 Å². The van der Waals surface area contributed by atoms with Gasteiger partial charge in [-0.25, -0.2) is 4.98 Å². The lowest BCUT2D eigenvalue weighted by Crippen LogP contribution is -2.33. The van der Waals surface area contributed by atoms with Crippen LogP contribution in [0.1, 0.15) is 36.4 Å². The molecule has 3 rings (SSSR count). The van der Waals surface area contributed by atoms with Crippen molar-refractivity contribution >= 4 is 0 Å². The number of ether oxygens (including phenoxy) is 1. The molecule has 1 aromatic heterocycles. The van der Waals surface area contributed by atoms with Crippen molar-refractivity contribution in [3.05, 3.63) is 54.1 Å². The molecule has 2 atom stereocenters. The predicted octanol–water partition coefficient (Wildman–Crippen LogP) is 2.91. The van der Waals surface area contributed by atoms with Gasteiger partial charge in [-0.05, 0) is 30.4 Å². The van der Waals surface area contributed by atoms with Gasteiger partial charge in [-0.1, -0.05) is 24.3 Å². The lowest BCUT2D eigenvalue weighted by molar-refractivity contribution is 0.185. The summed E-state index contributed by atoms with van der Waals surface area (Å²) in [6.07, 6.45) is 9.62. The molecule has 0 aliphatic heterocycles. The number of nitrogens with one attached hydrogen (secondary N) is 1. The molecule has 0 amide bonds. The zero-order valence-electron chi connectivity index (χ0n) is 12.5. The first-order valence-electron chi connectivity index (χ1n) is 7.64. The Kier molecular flexibility index (Phi) is 4.68. The Balaban J connectivity index is 1.60. The zero-order valence-corrected chi connectivity index (χ0v) is 12.5. The zero-order chi connectivity index (χ0) is 14.5. The summed E-state index contributed by atoms with van der Waals surface area (Å²) in [5.41, 5.74) is 2.55. The highest BCUT2D eigenvalue weighted by molar-refractivity contribution is 5.23. The first kappa shape index (κ1) is 14.3. The quantitative estimate of drug-likeness (QED) is 0.887. The van der Waals surface area contributed by atoms with Gasteiger partial charge in [-0.2, -0.15) is 0 Å². The van der Waals surface area contributed by atoms with Crippen molar-refractivity contribution in [1.82, 2.24) is 14.9 Å². The molecular formula is C17H23N3O. The molecule has 1 aliphatic carbocycles. The van der Waals surface area contributed by atoms with E-state index >= 15 is 0 Å². The van der Waals surface area contributed by atoms with Gasteiger partial charge in [0.05, 0.1) is 12.9 Å². The number of hydrogen-bond donors (Lipinski definition) is 1. The summed E-state index contributed by atoms with van der Waals surface area (Å²) in [6.45, 7) is 1.59. The van der Waals surface area contributed by atoms with E-state index in [9.17, 15) is 0 Å². The topological polar surface area (TPSA) is 39.1 Å². The van der Waals surface area contributed by atoms with Crippen LogP contribution in [0.2, 0.25) is 0 Å². The molecule has 0 saturated heterocycles. The first-order valence-corrected chi connectivity index (χ1v) is 7.64. The molecule has 1 aliphatic rings. The molecule has 21 heavy (non-hydrogen) atoms. The Labute approximate surface area is 126 Å². The molecule has 1 N–H and O–H groups in total. The van der Waals surface area contributed by atoms with Gasteiger partial charge in [-0.3, -0.25) is 0 Å². The largest absolute Gasteiger partial charge is 0.380 e. The van der Waals surface area contributed by atoms with E-state index in [4.69, 9.17) is 4.74 Å². The van der Waals surface area contributed by atoms with Crippen LogP contribution in [0.4, 0.5) is 0 Å². The lowest BCUT2D eigenvalue weighted by Gasteiger charge is -2.22. The molecule has 2 aromatic rings. The summed E-state index contributed by atoms with van der Waals surface area (Å²) in [5, 5.41) is 3.72. The monoisotopic (exact) mass is 285 g/mol. The van der Waals surface area contributed by atoms with Crippen molar-refractivity contribution < 1.29 is 4.74 Å². The van der Waals surface area contributed by atoms with Crippen molar-refractivity contribution in [3.63, 3.8) is 0 Å². The third kappa shape index (κ3) is 3.52. The number of imidazole rings is 1. The molecule has 2 unspecified atom stereocenters. The minimum Gasteiger partial charge on any atom is -0.380 e. The maximum atomic E-state index is 5.20. The van der Waals surface area contributed by atoms with E-state index in [2.05, 4.69) is 45.3 Å². The third-order valence-electron chi connectivity index (χ3n) is 4.26. The standard InChI is InChI=1S/C17H23N3O/c1-21-12-15-5-2-4-14(10-15)11-19-16-6-3-7-17(16)20-9-8-18-13-20/h2,4-5,8-10,13,16-17,19H,3,6-7,11-12H2,1H3. The Morgan fingerprint density at radius 2 is 2.24 bits per heavy atom. The Bertz CT molecular complexity index is 553. The molecule has 4 heteroatoms. The van der Waals surface area contributed by atoms with Gasteiger partial charge in [-0.15, -0.1) is 0 Å². The summed E-state index contributed by atoms with van der Waals surface area (Å²) >= 11 is 0. The molecule has 1 aromatic carbocycles. The van der Waals surface area contributed by atoms with Crippen molar-refractivity contribution in [1.29, 1.82) is 0 Å². The SMILES string of the molecule is COCc1cccc(CNC2CCCC2n2ccnc2)c1.